The molecule has 4 rings (SSSR count). The highest BCUT2D eigenvalue weighted by Gasteiger charge is 2.31. The largest absolute Gasteiger partial charge is 0.243 e. The molecule has 174 valence electrons. The standard InChI is InChI=1S/C25H28N2O4S2/c1-26(19-21-9-4-2-5-10-21)32(28,29)24-14-16-25(17-15-24)33(30,31)27-18-8-13-23(20-27)22-11-6-3-7-12-22/h2-7,9-12,14-17,23H,8,13,18-20H2,1H3/t23-/m1/s1. The first-order chi connectivity index (χ1) is 15.8. The molecule has 0 unspecified atom stereocenters. The molecular weight excluding hydrogens is 456 g/mol. The summed E-state index contributed by atoms with van der Waals surface area (Å²) in [7, 11) is -5.93. The van der Waals surface area contributed by atoms with Gasteiger partial charge in [0.1, 0.15) is 0 Å². The summed E-state index contributed by atoms with van der Waals surface area (Å²) in [5.41, 5.74) is 2.01. The minimum absolute atomic E-state index is 0.0701. The van der Waals surface area contributed by atoms with Gasteiger partial charge in [0.15, 0.2) is 0 Å². The molecule has 0 saturated carbocycles. The third kappa shape index (κ3) is 5.19. The third-order valence-corrected chi connectivity index (χ3v) is 9.77. The lowest BCUT2D eigenvalue weighted by Gasteiger charge is -2.32. The Labute approximate surface area is 196 Å². The molecular formula is C25H28N2O4S2. The highest BCUT2D eigenvalue weighted by atomic mass is 32.2. The van der Waals surface area contributed by atoms with Crippen molar-refractivity contribution in [2.24, 2.45) is 0 Å². The molecule has 1 saturated heterocycles. The lowest BCUT2D eigenvalue weighted by Crippen LogP contribution is -2.39. The van der Waals surface area contributed by atoms with E-state index >= 15 is 0 Å². The van der Waals surface area contributed by atoms with E-state index in [1.54, 1.807) is 0 Å². The molecule has 0 aliphatic carbocycles. The molecule has 1 atom stereocenters. The van der Waals surface area contributed by atoms with Gasteiger partial charge in [-0.25, -0.2) is 16.8 Å². The normalized spacial score (nSPS) is 17.8. The van der Waals surface area contributed by atoms with Gasteiger partial charge in [-0.05, 0) is 54.2 Å². The Morgan fingerprint density at radius 1 is 0.818 bits per heavy atom. The van der Waals surface area contributed by atoms with Gasteiger partial charge in [0.25, 0.3) is 0 Å². The van der Waals surface area contributed by atoms with Crippen molar-refractivity contribution in [2.45, 2.75) is 35.1 Å². The van der Waals surface area contributed by atoms with E-state index in [0.717, 1.165) is 24.0 Å². The summed E-state index contributed by atoms with van der Waals surface area (Å²) in [6.07, 6.45) is 1.73. The Morgan fingerprint density at radius 3 is 2.03 bits per heavy atom. The Hall–Kier alpha value is -2.52. The van der Waals surface area contributed by atoms with Crippen LogP contribution in [0.2, 0.25) is 0 Å². The summed E-state index contributed by atoms with van der Waals surface area (Å²) in [5.74, 6) is 0.154. The van der Waals surface area contributed by atoms with E-state index in [1.165, 1.54) is 39.9 Å². The fourth-order valence-corrected chi connectivity index (χ4v) is 6.88. The lowest BCUT2D eigenvalue weighted by atomic mass is 9.92. The van der Waals surface area contributed by atoms with Crippen molar-refractivity contribution in [2.75, 3.05) is 20.1 Å². The zero-order valence-electron chi connectivity index (χ0n) is 18.5. The maximum absolute atomic E-state index is 13.3. The molecule has 6 nitrogen and oxygen atoms in total. The van der Waals surface area contributed by atoms with E-state index in [-0.39, 0.29) is 22.3 Å². The Bertz CT molecular complexity index is 1280. The molecule has 3 aromatic rings. The van der Waals surface area contributed by atoms with Crippen molar-refractivity contribution in [3.05, 3.63) is 96.1 Å². The topological polar surface area (TPSA) is 74.8 Å². The molecule has 1 heterocycles. The molecule has 8 heteroatoms. The van der Waals surface area contributed by atoms with Crippen LogP contribution in [0.4, 0.5) is 0 Å². The first-order valence-electron chi connectivity index (χ1n) is 10.9. The fourth-order valence-electron chi connectivity index (χ4n) is 4.20. The molecule has 0 amide bonds. The van der Waals surface area contributed by atoms with Crippen LogP contribution >= 0.6 is 0 Å². The van der Waals surface area contributed by atoms with Crippen molar-refractivity contribution in [3.63, 3.8) is 0 Å². The van der Waals surface area contributed by atoms with E-state index in [0.29, 0.717) is 13.1 Å². The number of piperidine rings is 1. The van der Waals surface area contributed by atoms with Crippen LogP contribution in [0.3, 0.4) is 0 Å². The van der Waals surface area contributed by atoms with E-state index in [4.69, 9.17) is 0 Å². The number of benzene rings is 3. The highest BCUT2D eigenvalue weighted by molar-refractivity contribution is 7.89. The van der Waals surface area contributed by atoms with Gasteiger partial charge < -0.3 is 0 Å². The van der Waals surface area contributed by atoms with Gasteiger partial charge in [0.05, 0.1) is 9.79 Å². The maximum Gasteiger partial charge on any atom is 0.243 e. The van der Waals surface area contributed by atoms with Crippen LogP contribution in [0.1, 0.15) is 29.9 Å². The minimum Gasteiger partial charge on any atom is -0.207 e. The van der Waals surface area contributed by atoms with E-state index in [9.17, 15) is 16.8 Å². The summed E-state index contributed by atoms with van der Waals surface area (Å²) in [6, 6.07) is 24.8. The maximum atomic E-state index is 13.3. The molecule has 0 radical (unpaired) electrons. The zero-order valence-corrected chi connectivity index (χ0v) is 20.2. The van der Waals surface area contributed by atoms with Crippen LogP contribution in [0.5, 0.6) is 0 Å². The van der Waals surface area contributed by atoms with Crippen LogP contribution in [-0.2, 0) is 26.6 Å². The molecule has 0 bridgehead atoms. The van der Waals surface area contributed by atoms with Crippen LogP contribution in [0.15, 0.2) is 94.7 Å². The van der Waals surface area contributed by atoms with Gasteiger partial charge >= 0.3 is 0 Å². The molecule has 1 aliphatic heterocycles. The number of nitrogens with zero attached hydrogens (tertiary/aromatic N) is 2. The van der Waals surface area contributed by atoms with Gasteiger partial charge in [-0.1, -0.05) is 60.7 Å². The van der Waals surface area contributed by atoms with E-state index in [2.05, 4.69) is 0 Å². The molecule has 33 heavy (non-hydrogen) atoms. The van der Waals surface area contributed by atoms with Gasteiger partial charge in [0.2, 0.25) is 20.0 Å². The fraction of sp³-hybridized carbons (Fsp3) is 0.280. The second kappa shape index (κ2) is 9.77. The first kappa shape index (κ1) is 23.6. The van der Waals surface area contributed by atoms with Crippen molar-refractivity contribution in [1.29, 1.82) is 0 Å². The monoisotopic (exact) mass is 484 g/mol. The first-order valence-corrected chi connectivity index (χ1v) is 13.8. The molecule has 0 N–H and O–H groups in total. The molecule has 0 aromatic heterocycles. The van der Waals surface area contributed by atoms with Gasteiger partial charge in [-0.15, -0.1) is 0 Å². The van der Waals surface area contributed by atoms with Gasteiger partial charge in [-0.3, -0.25) is 0 Å². The number of rotatable bonds is 7. The molecule has 0 spiro atoms. The van der Waals surface area contributed by atoms with Crippen LogP contribution in [0.25, 0.3) is 0 Å². The van der Waals surface area contributed by atoms with Crippen molar-refractivity contribution >= 4 is 20.0 Å². The zero-order chi connectivity index (χ0) is 23.5. The number of hydrogen-bond acceptors (Lipinski definition) is 4. The lowest BCUT2D eigenvalue weighted by molar-refractivity contribution is 0.315. The molecule has 1 fully saturated rings. The van der Waals surface area contributed by atoms with Gasteiger partial charge in [-0.2, -0.15) is 8.61 Å². The molecule has 1 aliphatic rings. The predicted octanol–water partition coefficient (Wildman–Crippen LogP) is 4.08. The second-order valence-corrected chi connectivity index (χ2v) is 12.3. The summed E-state index contributed by atoms with van der Waals surface area (Å²) in [5, 5.41) is 0. The summed E-state index contributed by atoms with van der Waals surface area (Å²) in [4.78, 5) is 0.182. The smallest absolute Gasteiger partial charge is 0.207 e. The number of sulfonamides is 2. The SMILES string of the molecule is CN(Cc1ccccc1)S(=O)(=O)c1ccc(S(=O)(=O)N2CCC[C@@H](c3ccccc3)C2)cc1. The summed E-state index contributed by atoms with van der Waals surface area (Å²) < 4.78 is 55.2. The summed E-state index contributed by atoms with van der Waals surface area (Å²) in [6.45, 7) is 1.12. The van der Waals surface area contributed by atoms with E-state index in [1.807, 2.05) is 60.7 Å². The number of hydrogen-bond donors (Lipinski definition) is 0. The Kier molecular flexibility index (Phi) is 6.99. The van der Waals surface area contributed by atoms with Gasteiger partial charge in [0, 0.05) is 26.7 Å². The van der Waals surface area contributed by atoms with Crippen LogP contribution in [-0.4, -0.2) is 45.6 Å². The van der Waals surface area contributed by atoms with E-state index < -0.39 is 20.0 Å². The highest BCUT2D eigenvalue weighted by Crippen LogP contribution is 2.30. The summed E-state index contributed by atoms with van der Waals surface area (Å²) >= 11 is 0. The predicted molar refractivity (Wildman–Crippen MR) is 129 cm³/mol. The quantitative estimate of drug-likeness (QED) is 0.507. The second-order valence-electron chi connectivity index (χ2n) is 8.33. The van der Waals surface area contributed by atoms with Crippen LogP contribution < -0.4 is 0 Å². The average molecular weight is 485 g/mol. The van der Waals surface area contributed by atoms with Crippen molar-refractivity contribution in [1.82, 2.24) is 8.61 Å². The molecule has 3 aromatic carbocycles. The average Bonchev–Trinajstić information content (AvgIpc) is 2.85. The Balaban J connectivity index is 1.51. The minimum atomic E-state index is -3.74. The van der Waals surface area contributed by atoms with Crippen molar-refractivity contribution in [3.8, 4) is 0 Å². The third-order valence-electron chi connectivity index (χ3n) is 6.07. The van der Waals surface area contributed by atoms with Crippen molar-refractivity contribution < 1.29 is 16.8 Å². The Morgan fingerprint density at radius 2 is 1.39 bits per heavy atom. The van der Waals surface area contributed by atoms with Crippen LogP contribution in [0, 0.1) is 0 Å².